The van der Waals surface area contributed by atoms with Crippen LogP contribution in [0.25, 0.3) is 138 Å². The highest BCUT2D eigenvalue weighted by molar-refractivity contribution is 6.13. The Kier molecular flexibility index (Phi) is 10.6. The van der Waals surface area contributed by atoms with Crippen molar-refractivity contribution in [3.8, 4) is 78.8 Å². The molecule has 0 spiro atoms. The molecule has 6 heteroatoms. The van der Waals surface area contributed by atoms with E-state index in [1.165, 1.54) is 32.3 Å². The van der Waals surface area contributed by atoms with Gasteiger partial charge in [-0.25, -0.2) is 0 Å². The highest BCUT2D eigenvalue weighted by atomic mass is 15.0. The summed E-state index contributed by atoms with van der Waals surface area (Å²) in [5, 5.41) is 19.3. The molecule has 0 saturated heterocycles. The van der Waals surface area contributed by atoms with Gasteiger partial charge in [-0.2, -0.15) is 5.26 Å². The lowest BCUT2D eigenvalue weighted by molar-refractivity contribution is 1.12. The number of nitriles is 1. The van der Waals surface area contributed by atoms with Crippen molar-refractivity contribution in [1.29, 1.82) is 5.26 Å². The lowest BCUT2D eigenvalue weighted by Gasteiger charge is -2.27. The first-order valence-electron chi connectivity index (χ1n) is 26.8. The largest absolute Gasteiger partial charge is 0.309 e. The molecule has 0 aliphatic heterocycles. The fourth-order valence-electron chi connectivity index (χ4n) is 12.7. The van der Waals surface area contributed by atoms with E-state index in [4.69, 9.17) is 4.98 Å². The monoisotopic (exact) mass is 1010 g/mol. The molecule has 79 heavy (non-hydrogen) atoms. The van der Waals surface area contributed by atoms with Gasteiger partial charge in [0.2, 0.25) is 0 Å². The van der Waals surface area contributed by atoms with Gasteiger partial charge in [0.05, 0.1) is 38.7 Å². The molecule has 10 aromatic carbocycles. The van der Waals surface area contributed by atoms with Crippen LogP contribution in [-0.2, 0) is 0 Å². The predicted octanol–water partition coefficient (Wildman–Crippen LogP) is 18.6. The van der Waals surface area contributed by atoms with Crippen molar-refractivity contribution in [2.75, 3.05) is 0 Å². The Morgan fingerprint density at radius 3 is 0.886 bits per heavy atom. The molecule has 15 aromatic rings. The fraction of sp³-hybridized carbons (Fsp3) is 0.0274. The standard InChI is InChI=1S/C73H48N6/c1-46-43-52(44-47(2)76-46)73-70(51-39-41-75-42-40-51)62(45-74)69(48-27-33-53(34-28-48)77-63-21-9-3-15-56(63)57-16-4-10-22-64(57)77)71(49-29-35-54(36-30-49)78-65-23-11-5-17-58(65)59-18-6-12-24-66(59)78)72(73)50-31-37-55(38-32-50)79-67-25-13-7-19-60(67)61-20-8-14-26-68(61)79/h3-44H,1-2H3. The van der Waals surface area contributed by atoms with E-state index >= 15 is 0 Å². The fourth-order valence-corrected chi connectivity index (χ4v) is 12.7. The molecule has 0 atom stereocenters. The van der Waals surface area contributed by atoms with E-state index < -0.39 is 0 Å². The Bertz CT molecular complexity index is 4770. The normalized spacial score (nSPS) is 11.7. The minimum atomic E-state index is 0.574. The summed E-state index contributed by atoms with van der Waals surface area (Å²) < 4.78 is 7.07. The van der Waals surface area contributed by atoms with Crippen LogP contribution in [0.3, 0.4) is 0 Å². The number of fused-ring (bicyclic) bond motifs is 9. The Morgan fingerprint density at radius 2 is 0.570 bits per heavy atom. The molecule has 370 valence electrons. The number of hydrogen-bond acceptors (Lipinski definition) is 3. The molecule has 5 heterocycles. The summed E-state index contributed by atoms with van der Waals surface area (Å²) in [6, 6.07) is 89.9. The van der Waals surface area contributed by atoms with Crippen LogP contribution in [-0.4, -0.2) is 23.7 Å². The molecule has 0 bridgehead atoms. The third-order valence-electron chi connectivity index (χ3n) is 15.9. The molecule has 0 radical (unpaired) electrons. The molecular formula is C73H48N6. The zero-order valence-electron chi connectivity index (χ0n) is 43.4. The second-order valence-corrected chi connectivity index (χ2v) is 20.5. The Labute approximate surface area is 456 Å². The van der Waals surface area contributed by atoms with Crippen LogP contribution in [0, 0.1) is 25.2 Å². The maximum absolute atomic E-state index is 12.1. The van der Waals surface area contributed by atoms with Crippen LogP contribution in [0.2, 0.25) is 0 Å². The molecule has 0 aliphatic rings. The molecular weight excluding hydrogens is 961 g/mol. The first-order chi connectivity index (χ1) is 39.0. The lowest BCUT2D eigenvalue weighted by Crippen LogP contribution is -2.04. The van der Waals surface area contributed by atoms with E-state index in [0.29, 0.717) is 5.56 Å². The molecule has 15 rings (SSSR count). The third kappa shape index (κ3) is 7.25. The summed E-state index contributed by atoms with van der Waals surface area (Å²) in [7, 11) is 0. The van der Waals surface area contributed by atoms with Crippen molar-refractivity contribution in [2.24, 2.45) is 0 Å². The van der Waals surface area contributed by atoms with Crippen molar-refractivity contribution in [2.45, 2.75) is 13.8 Å². The van der Waals surface area contributed by atoms with Crippen LogP contribution in [0.5, 0.6) is 0 Å². The van der Waals surface area contributed by atoms with Crippen molar-refractivity contribution >= 4 is 65.4 Å². The smallest absolute Gasteiger partial charge is 0.100 e. The molecule has 0 saturated carbocycles. The summed E-state index contributed by atoms with van der Waals surface area (Å²) in [6.07, 6.45) is 3.65. The van der Waals surface area contributed by atoms with Gasteiger partial charge in [-0.1, -0.05) is 146 Å². The average Bonchev–Trinajstić information content (AvgIpc) is 4.32. The Balaban J connectivity index is 1.05. The van der Waals surface area contributed by atoms with Crippen molar-refractivity contribution in [3.05, 3.63) is 272 Å². The summed E-state index contributed by atoms with van der Waals surface area (Å²) in [6.45, 7) is 4.10. The number of pyridine rings is 2. The zero-order valence-corrected chi connectivity index (χ0v) is 43.4. The summed E-state index contributed by atoms with van der Waals surface area (Å²) in [5.74, 6) is 0. The van der Waals surface area contributed by atoms with Gasteiger partial charge in [0, 0.05) is 84.3 Å². The van der Waals surface area contributed by atoms with Gasteiger partial charge in [0.1, 0.15) is 6.07 Å². The maximum atomic E-state index is 12.1. The molecule has 0 N–H and O–H groups in total. The van der Waals surface area contributed by atoms with E-state index in [-0.39, 0.29) is 0 Å². The van der Waals surface area contributed by atoms with Crippen LogP contribution in [0.15, 0.2) is 255 Å². The van der Waals surface area contributed by atoms with E-state index in [0.717, 1.165) is 117 Å². The average molecular weight is 1010 g/mol. The van der Waals surface area contributed by atoms with Crippen molar-refractivity contribution in [3.63, 3.8) is 0 Å². The Morgan fingerprint density at radius 1 is 0.304 bits per heavy atom. The van der Waals surface area contributed by atoms with Gasteiger partial charge >= 0.3 is 0 Å². The summed E-state index contributed by atoms with van der Waals surface area (Å²) in [4.78, 5) is 9.41. The van der Waals surface area contributed by atoms with Crippen molar-refractivity contribution < 1.29 is 0 Å². The lowest BCUT2D eigenvalue weighted by atomic mass is 9.76. The second-order valence-electron chi connectivity index (χ2n) is 20.5. The first kappa shape index (κ1) is 45.8. The molecule has 0 unspecified atom stereocenters. The zero-order chi connectivity index (χ0) is 52.7. The second kappa shape index (κ2) is 18.3. The van der Waals surface area contributed by atoms with E-state index in [1.807, 2.05) is 24.5 Å². The van der Waals surface area contributed by atoms with Crippen LogP contribution >= 0.6 is 0 Å². The third-order valence-corrected chi connectivity index (χ3v) is 15.9. The predicted molar refractivity (Wildman–Crippen MR) is 326 cm³/mol. The molecule has 0 fully saturated rings. The number of benzene rings is 10. The quantitative estimate of drug-likeness (QED) is 0.152. The van der Waals surface area contributed by atoms with Gasteiger partial charge in [0.15, 0.2) is 0 Å². The number of rotatable bonds is 8. The van der Waals surface area contributed by atoms with Gasteiger partial charge < -0.3 is 13.7 Å². The van der Waals surface area contributed by atoms with Gasteiger partial charge in [-0.05, 0) is 155 Å². The Hall–Kier alpha value is -10.6. The first-order valence-corrected chi connectivity index (χ1v) is 26.8. The molecule has 0 aliphatic carbocycles. The molecule has 5 aromatic heterocycles. The molecule has 0 amide bonds. The van der Waals surface area contributed by atoms with Gasteiger partial charge in [0.25, 0.3) is 0 Å². The highest BCUT2D eigenvalue weighted by Crippen LogP contribution is 2.53. The number of aryl methyl sites for hydroxylation is 2. The minimum Gasteiger partial charge on any atom is -0.309 e. The van der Waals surface area contributed by atoms with Crippen molar-refractivity contribution in [1.82, 2.24) is 23.7 Å². The topological polar surface area (TPSA) is 64.4 Å². The van der Waals surface area contributed by atoms with E-state index in [2.05, 4.69) is 269 Å². The van der Waals surface area contributed by atoms with Gasteiger partial charge in [-0.15, -0.1) is 0 Å². The van der Waals surface area contributed by atoms with Crippen LogP contribution in [0.1, 0.15) is 17.0 Å². The van der Waals surface area contributed by atoms with Crippen LogP contribution < -0.4 is 0 Å². The van der Waals surface area contributed by atoms with E-state index in [1.54, 1.807) is 0 Å². The SMILES string of the molecule is Cc1cc(-c2c(-c3ccncc3)c(C#N)c(-c3ccc(-n4c5ccccc5c5ccccc54)cc3)c(-c3ccc(-n4c5ccccc5c5ccccc54)cc3)c2-c2ccc(-n3c4ccccc4c4ccccc43)cc2)cc(C)n1. The summed E-state index contributed by atoms with van der Waals surface area (Å²) >= 11 is 0. The van der Waals surface area contributed by atoms with E-state index in [9.17, 15) is 5.26 Å². The highest BCUT2D eigenvalue weighted by Gasteiger charge is 2.30. The minimum absolute atomic E-state index is 0.574. The molecule has 6 nitrogen and oxygen atoms in total. The summed E-state index contributed by atoms with van der Waals surface area (Å²) in [5.41, 5.74) is 21.7. The van der Waals surface area contributed by atoms with Crippen LogP contribution in [0.4, 0.5) is 0 Å². The number of nitrogens with zero attached hydrogens (tertiary/aromatic N) is 6. The number of para-hydroxylation sites is 6. The maximum Gasteiger partial charge on any atom is 0.100 e. The number of hydrogen-bond donors (Lipinski definition) is 0. The number of aromatic nitrogens is 5. The van der Waals surface area contributed by atoms with Gasteiger partial charge in [-0.3, -0.25) is 9.97 Å².